The highest BCUT2D eigenvalue weighted by molar-refractivity contribution is 5.91. The van der Waals surface area contributed by atoms with Crippen LogP contribution in [-0.2, 0) is 13.0 Å². The van der Waals surface area contributed by atoms with Crippen LogP contribution in [0.5, 0.6) is 0 Å². The molecule has 0 aliphatic carbocycles. The highest BCUT2D eigenvalue weighted by atomic mass is 19.1. The van der Waals surface area contributed by atoms with Gasteiger partial charge in [-0.05, 0) is 39.7 Å². The summed E-state index contributed by atoms with van der Waals surface area (Å²) < 4.78 is 17.1. The van der Waals surface area contributed by atoms with Crippen molar-refractivity contribution < 1.29 is 9.50 Å². The van der Waals surface area contributed by atoms with E-state index in [1.54, 1.807) is 27.0 Å². The number of aliphatic imine (C=N–C) groups is 1. The van der Waals surface area contributed by atoms with Crippen molar-refractivity contribution in [1.29, 1.82) is 0 Å². The van der Waals surface area contributed by atoms with E-state index in [0.29, 0.717) is 22.4 Å². The lowest BCUT2D eigenvalue weighted by molar-refractivity contribution is 0.153. The molecule has 1 aliphatic rings. The molecule has 0 amide bonds. The first kappa shape index (κ1) is 19.5. The van der Waals surface area contributed by atoms with E-state index in [1.165, 1.54) is 6.07 Å². The van der Waals surface area contributed by atoms with Crippen molar-refractivity contribution in [2.24, 2.45) is 4.99 Å². The first-order valence-corrected chi connectivity index (χ1v) is 9.64. The summed E-state index contributed by atoms with van der Waals surface area (Å²) in [4.78, 5) is 8.96. The van der Waals surface area contributed by atoms with Crippen LogP contribution in [0, 0.1) is 5.82 Å². The number of hydrogen-bond donors (Lipinski definition) is 1. The van der Waals surface area contributed by atoms with Crippen LogP contribution in [0.2, 0.25) is 0 Å². The largest absolute Gasteiger partial charge is 0.385 e. The summed E-state index contributed by atoms with van der Waals surface area (Å²) in [5.74, 6) is 0.729. The highest BCUT2D eigenvalue weighted by Gasteiger charge is 2.19. The minimum Gasteiger partial charge on any atom is -0.385 e. The molecular weight excluding hydrogens is 341 g/mol. The summed E-state index contributed by atoms with van der Waals surface area (Å²) >= 11 is 0. The van der Waals surface area contributed by atoms with Crippen LogP contribution < -0.4 is 0 Å². The number of aryl methyl sites for hydroxylation is 2. The van der Waals surface area contributed by atoms with E-state index in [-0.39, 0.29) is 5.82 Å². The Morgan fingerprint density at radius 3 is 2.89 bits per heavy atom. The van der Waals surface area contributed by atoms with E-state index in [0.717, 1.165) is 43.6 Å². The maximum atomic E-state index is 14.9. The predicted octanol–water partition coefficient (Wildman–Crippen LogP) is 5.05. The minimum absolute atomic E-state index is 0.303. The topological polar surface area (TPSA) is 50.4 Å². The molecule has 144 valence electrons. The van der Waals surface area contributed by atoms with E-state index in [1.807, 2.05) is 18.2 Å². The Hall–Kier alpha value is -2.27. The molecule has 1 aliphatic heterocycles. The predicted molar refractivity (Wildman–Crippen MR) is 109 cm³/mol. The number of allylic oxidation sites excluding steroid dienone is 3. The number of aliphatic hydroxyl groups is 1. The lowest BCUT2D eigenvalue weighted by Crippen LogP contribution is -2.28. The zero-order chi connectivity index (χ0) is 19.6. The van der Waals surface area contributed by atoms with Crippen molar-refractivity contribution in [2.45, 2.75) is 65.5 Å². The second-order valence-corrected chi connectivity index (χ2v) is 7.65. The molecular formula is C22H28FN3O. The quantitative estimate of drug-likeness (QED) is 0.572. The molecule has 1 aromatic carbocycles. The van der Waals surface area contributed by atoms with E-state index >= 15 is 0 Å². The molecule has 0 spiro atoms. The van der Waals surface area contributed by atoms with Gasteiger partial charge in [-0.15, -0.1) is 0 Å². The van der Waals surface area contributed by atoms with Gasteiger partial charge < -0.3 is 9.67 Å². The lowest BCUT2D eigenvalue weighted by Gasteiger charge is -2.16. The molecule has 0 saturated heterocycles. The lowest BCUT2D eigenvalue weighted by atomic mass is 10.0. The third-order valence-corrected chi connectivity index (χ3v) is 5.04. The van der Waals surface area contributed by atoms with Crippen molar-refractivity contribution in [3.05, 3.63) is 47.7 Å². The number of imidazole rings is 1. The number of nitrogens with zero attached hydrogens (tertiary/aromatic N) is 3. The van der Waals surface area contributed by atoms with Gasteiger partial charge in [0, 0.05) is 42.1 Å². The minimum atomic E-state index is -1.01. The molecule has 4 nitrogen and oxygen atoms in total. The van der Waals surface area contributed by atoms with Crippen molar-refractivity contribution >= 4 is 22.3 Å². The number of halogens is 1. The average Bonchev–Trinajstić information content (AvgIpc) is 3.17. The zero-order valence-corrected chi connectivity index (χ0v) is 16.6. The maximum Gasteiger partial charge on any atom is 0.133 e. The number of unbranched alkanes of at least 4 members (excludes halogenated alkanes) is 1. The van der Waals surface area contributed by atoms with Gasteiger partial charge in [0.2, 0.25) is 0 Å². The Morgan fingerprint density at radius 2 is 2.19 bits per heavy atom. The van der Waals surface area contributed by atoms with Crippen LogP contribution in [0.15, 0.2) is 35.5 Å². The van der Waals surface area contributed by atoms with Crippen LogP contribution in [0.1, 0.15) is 58.3 Å². The molecule has 2 heterocycles. The van der Waals surface area contributed by atoms with Crippen LogP contribution in [0.25, 0.3) is 16.6 Å². The van der Waals surface area contributed by atoms with Crippen molar-refractivity contribution in [3.8, 4) is 0 Å². The smallest absolute Gasteiger partial charge is 0.133 e. The molecule has 0 bridgehead atoms. The van der Waals surface area contributed by atoms with Gasteiger partial charge in [-0.25, -0.2) is 9.37 Å². The average molecular weight is 369 g/mol. The first-order chi connectivity index (χ1) is 12.8. The summed E-state index contributed by atoms with van der Waals surface area (Å²) in [6.45, 7) is 8.18. The Labute approximate surface area is 160 Å². The summed E-state index contributed by atoms with van der Waals surface area (Å²) in [5.41, 5.74) is 2.45. The van der Waals surface area contributed by atoms with Gasteiger partial charge in [0.05, 0.1) is 16.6 Å². The van der Waals surface area contributed by atoms with Gasteiger partial charge in [0.15, 0.2) is 0 Å². The van der Waals surface area contributed by atoms with Gasteiger partial charge >= 0.3 is 0 Å². The summed E-state index contributed by atoms with van der Waals surface area (Å²) in [6.07, 6.45) is 9.55. The number of hydrogen-bond acceptors (Lipinski definition) is 3. The molecule has 5 heteroatoms. The van der Waals surface area contributed by atoms with Crippen LogP contribution in [0.3, 0.4) is 0 Å². The number of fused-ring (bicyclic) bond motifs is 3. The molecule has 27 heavy (non-hydrogen) atoms. The van der Waals surface area contributed by atoms with Gasteiger partial charge in [-0.2, -0.15) is 0 Å². The Kier molecular flexibility index (Phi) is 5.61. The first-order valence-electron chi connectivity index (χ1n) is 9.64. The molecule has 0 radical (unpaired) electrons. The normalized spacial score (nSPS) is 15.9. The Balaban J connectivity index is 2.09. The zero-order valence-electron chi connectivity index (χ0n) is 16.6. The molecule has 2 aromatic rings. The standard InChI is InChI=1S/C22H28FN3O/c1-5-6-7-9-16(14-24-15(2)22(3,4)27)17-12-20-19(13-18(17)23)25-21-10-8-11-26(20)21/h7,9,12-14,27H,5-6,8,10-11H2,1-4H3/b9-7+,16-14+,24-15?. The fourth-order valence-corrected chi connectivity index (χ4v) is 3.16. The molecule has 1 N–H and O–H groups in total. The second-order valence-electron chi connectivity index (χ2n) is 7.65. The molecule has 1 aromatic heterocycles. The number of aromatic nitrogens is 2. The van der Waals surface area contributed by atoms with E-state index < -0.39 is 5.60 Å². The van der Waals surface area contributed by atoms with Gasteiger partial charge in [-0.1, -0.05) is 25.5 Å². The van der Waals surface area contributed by atoms with E-state index in [9.17, 15) is 9.50 Å². The molecule has 0 unspecified atom stereocenters. The van der Waals surface area contributed by atoms with Crippen LogP contribution >= 0.6 is 0 Å². The Bertz CT molecular complexity index is 929. The van der Waals surface area contributed by atoms with Crippen LogP contribution in [0.4, 0.5) is 4.39 Å². The second kappa shape index (κ2) is 7.77. The molecule has 0 atom stereocenters. The molecule has 0 saturated carbocycles. The third-order valence-electron chi connectivity index (χ3n) is 5.04. The van der Waals surface area contributed by atoms with E-state index in [4.69, 9.17) is 0 Å². The SMILES string of the molecule is CCC/C=C/C(=C\N=C(C)C(C)(C)O)c1cc2c(cc1F)nc1n2CCC1. The van der Waals surface area contributed by atoms with Gasteiger partial charge in [-0.3, -0.25) is 4.99 Å². The number of benzene rings is 1. The fourth-order valence-electron chi connectivity index (χ4n) is 3.16. The van der Waals surface area contributed by atoms with Crippen molar-refractivity contribution in [2.75, 3.05) is 0 Å². The summed E-state index contributed by atoms with van der Waals surface area (Å²) in [5, 5.41) is 10.1. The van der Waals surface area contributed by atoms with Crippen molar-refractivity contribution in [1.82, 2.24) is 9.55 Å². The summed E-state index contributed by atoms with van der Waals surface area (Å²) in [6, 6.07) is 3.40. The fraction of sp³-hybridized carbons (Fsp3) is 0.455. The molecule has 3 rings (SSSR count). The van der Waals surface area contributed by atoms with Crippen molar-refractivity contribution in [3.63, 3.8) is 0 Å². The van der Waals surface area contributed by atoms with Gasteiger partial charge in [0.1, 0.15) is 11.6 Å². The maximum absolute atomic E-state index is 14.9. The Morgan fingerprint density at radius 1 is 1.41 bits per heavy atom. The van der Waals surface area contributed by atoms with Gasteiger partial charge in [0.25, 0.3) is 0 Å². The molecule has 0 fully saturated rings. The van der Waals surface area contributed by atoms with Crippen LogP contribution in [-0.4, -0.2) is 26.0 Å². The van der Waals surface area contributed by atoms with E-state index in [2.05, 4.69) is 21.5 Å². The summed E-state index contributed by atoms with van der Waals surface area (Å²) in [7, 11) is 0. The number of rotatable bonds is 6. The monoisotopic (exact) mass is 369 g/mol. The highest BCUT2D eigenvalue weighted by Crippen LogP contribution is 2.29. The third kappa shape index (κ3) is 4.19.